The zero-order valence-corrected chi connectivity index (χ0v) is 20.8. The van der Waals surface area contributed by atoms with Crippen LogP contribution in [0.25, 0.3) is 11.1 Å². The van der Waals surface area contributed by atoms with Gasteiger partial charge in [0.25, 0.3) is 0 Å². The maximum atomic E-state index is 14.9. The molecule has 1 aromatic carbocycles. The van der Waals surface area contributed by atoms with Crippen molar-refractivity contribution in [1.82, 2.24) is 20.6 Å². The van der Waals surface area contributed by atoms with E-state index in [-0.39, 0.29) is 37.0 Å². The van der Waals surface area contributed by atoms with Gasteiger partial charge in [0.15, 0.2) is 5.96 Å². The number of rotatable bonds is 8. The lowest BCUT2D eigenvalue weighted by Gasteiger charge is -2.27. The first-order valence-electron chi connectivity index (χ1n) is 10.4. The fourth-order valence-electron chi connectivity index (χ4n) is 3.17. The molecule has 0 bridgehead atoms. The fourth-order valence-corrected chi connectivity index (χ4v) is 3.17. The van der Waals surface area contributed by atoms with Gasteiger partial charge in [-0.3, -0.25) is 10.7 Å². The van der Waals surface area contributed by atoms with E-state index < -0.39 is 17.9 Å². The molecule has 0 spiro atoms. The first kappa shape index (κ1) is 29.8. The summed E-state index contributed by atoms with van der Waals surface area (Å²) in [6.45, 7) is 2.40. The van der Waals surface area contributed by atoms with Crippen molar-refractivity contribution in [2.45, 2.75) is 19.4 Å². The predicted molar refractivity (Wildman–Crippen MR) is 136 cm³/mol. The van der Waals surface area contributed by atoms with Gasteiger partial charge in [-0.05, 0) is 7.05 Å². The molecule has 14 heteroatoms. The third-order valence-corrected chi connectivity index (χ3v) is 4.88. The van der Waals surface area contributed by atoms with Crippen LogP contribution in [0.3, 0.4) is 0 Å². The van der Waals surface area contributed by atoms with Gasteiger partial charge in [-0.1, -0.05) is 23.4 Å². The average Bonchev–Trinajstić information content (AvgIpc) is 2.81. The Kier molecular flexibility index (Phi) is 12.7. The molecule has 3 rings (SSSR count). The first-order chi connectivity index (χ1) is 16.0. The van der Waals surface area contributed by atoms with E-state index in [9.17, 15) is 9.18 Å². The number of benzene rings is 1. The molecule has 0 aliphatic carbocycles. The van der Waals surface area contributed by atoms with Crippen molar-refractivity contribution in [2.75, 3.05) is 38.2 Å². The summed E-state index contributed by atoms with van der Waals surface area (Å²) in [5.41, 5.74) is 7.04. The number of piperidine rings is 1. The molecule has 35 heavy (non-hydrogen) atoms. The Morgan fingerprint density at radius 2 is 1.94 bits per heavy atom. The molecule has 1 fully saturated rings. The van der Waals surface area contributed by atoms with Gasteiger partial charge in [-0.25, -0.2) is 19.2 Å². The SMILES string of the molecule is CNCCON=C1CCN(c2ncc(-c3cccc(COC(=O)NC(=N)N)c3F)cn2)CC1.Cl.Cl. The number of nitrogens with one attached hydrogen (secondary N) is 3. The van der Waals surface area contributed by atoms with Crippen molar-refractivity contribution in [3.8, 4) is 11.1 Å². The topological polar surface area (TPSA) is 151 Å². The number of hydrogen-bond donors (Lipinski definition) is 4. The Morgan fingerprint density at radius 3 is 2.57 bits per heavy atom. The normalized spacial score (nSPS) is 12.6. The lowest BCUT2D eigenvalue weighted by molar-refractivity contribution is 0.143. The van der Waals surface area contributed by atoms with Crippen molar-refractivity contribution in [3.63, 3.8) is 0 Å². The number of nitrogens with zero attached hydrogens (tertiary/aromatic N) is 4. The molecule has 2 aromatic rings. The molecule has 1 aliphatic heterocycles. The molecular formula is C21H29Cl2FN8O3. The molecule has 1 saturated heterocycles. The number of guanidine groups is 1. The smallest absolute Gasteiger partial charge is 0.414 e. The molecule has 2 heterocycles. The van der Waals surface area contributed by atoms with Crippen molar-refractivity contribution in [3.05, 3.63) is 42.0 Å². The highest BCUT2D eigenvalue weighted by Gasteiger charge is 2.19. The number of likely N-dealkylation sites (N-methyl/N-ethyl adjacent to an activating group) is 1. The van der Waals surface area contributed by atoms with Crippen LogP contribution < -0.4 is 21.3 Å². The summed E-state index contributed by atoms with van der Waals surface area (Å²) in [4.78, 5) is 27.6. The standard InChI is InChI=1S/C21H27FN8O3.2ClH/c1-25-7-10-33-29-16-5-8-30(9-6-16)20-26-11-15(12-27-20)17-4-2-3-14(18(17)22)13-32-21(31)28-19(23)24;;/h2-4,11-12,25H,5-10,13H2,1H3,(H4,23,24,28,31);2*1H. The first-order valence-corrected chi connectivity index (χ1v) is 10.4. The molecule has 192 valence electrons. The van der Waals surface area contributed by atoms with E-state index in [0.717, 1.165) is 38.2 Å². The van der Waals surface area contributed by atoms with Crippen LogP contribution in [0.2, 0.25) is 0 Å². The summed E-state index contributed by atoms with van der Waals surface area (Å²) in [5.74, 6) is -0.530. The van der Waals surface area contributed by atoms with Gasteiger partial charge in [0.1, 0.15) is 19.0 Å². The van der Waals surface area contributed by atoms with Crippen LogP contribution in [0.15, 0.2) is 35.7 Å². The Balaban J connectivity index is 0.00000306. The minimum atomic E-state index is -0.931. The molecule has 0 unspecified atom stereocenters. The van der Waals surface area contributed by atoms with E-state index in [1.807, 2.05) is 17.3 Å². The second kappa shape index (κ2) is 14.9. The van der Waals surface area contributed by atoms with Gasteiger partial charge in [0.05, 0.1) is 5.71 Å². The van der Waals surface area contributed by atoms with E-state index in [0.29, 0.717) is 23.7 Å². The molecule has 0 saturated carbocycles. The number of ether oxygens (including phenoxy) is 1. The summed E-state index contributed by atoms with van der Waals surface area (Å²) >= 11 is 0. The number of aromatic nitrogens is 2. The molecule has 5 N–H and O–H groups in total. The number of hydrogen-bond acceptors (Lipinski definition) is 9. The number of anilines is 1. The number of nitrogens with two attached hydrogens (primary N) is 1. The van der Waals surface area contributed by atoms with Gasteiger partial charge in [0, 0.05) is 61.6 Å². The molecule has 1 aromatic heterocycles. The highest BCUT2D eigenvalue weighted by Crippen LogP contribution is 2.25. The van der Waals surface area contributed by atoms with E-state index in [2.05, 4.69) is 20.4 Å². The maximum absolute atomic E-state index is 14.9. The summed E-state index contributed by atoms with van der Waals surface area (Å²) in [6, 6.07) is 4.76. The van der Waals surface area contributed by atoms with Crippen LogP contribution >= 0.6 is 24.8 Å². The zero-order chi connectivity index (χ0) is 23.6. The monoisotopic (exact) mass is 530 g/mol. The molecule has 1 amide bonds. The molecule has 0 radical (unpaired) electrons. The summed E-state index contributed by atoms with van der Waals surface area (Å²) < 4.78 is 19.8. The Hall–Kier alpha value is -3.22. The number of oxime groups is 1. The van der Waals surface area contributed by atoms with E-state index in [4.69, 9.17) is 20.7 Å². The lowest BCUT2D eigenvalue weighted by atomic mass is 10.1. The summed E-state index contributed by atoms with van der Waals surface area (Å²) in [5, 5.41) is 16.1. The largest absolute Gasteiger partial charge is 0.444 e. The van der Waals surface area contributed by atoms with Crippen molar-refractivity contribution < 1.29 is 18.8 Å². The Bertz CT molecular complexity index is 1000. The van der Waals surface area contributed by atoms with Crippen LogP contribution in [0.1, 0.15) is 18.4 Å². The van der Waals surface area contributed by atoms with E-state index in [1.165, 1.54) is 6.07 Å². The van der Waals surface area contributed by atoms with Crippen LogP contribution in [0.4, 0.5) is 15.1 Å². The second-order valence-electron chi connectivity index (χ2n) is 7.25. The number of halogens is 3. The van der Waals surface area contributed by atoms with E-state index in [1.54, 1.807) is 24.5 Å². The van der Waals surface area contributed by atoms with E-state index >= 15 is 0 Å². The number of carbonyl (C=O) groups is 1. The predicted octanol–water partition coefficient (Wildman–Crippen LogP) is 2.44. The van der Waals surface area contributed by atoms with Crippen molar-refractivity contribution >= 4 is 48.5 Å². The van der Waals surface area contributed by atoms with Crippen molar-refractivity contribution in [2.24, 2.45) is 10.9 Å². The minimum Gasteiger partial charge on any atom is -0.444 e. The van der Waals surface area contributed by atoms with Gasteiger partial charge in [0.2, 0.25) is 5.95 Å². The highest BCUT2D eigenvalue weighted by molar-refractivity contribution is 5.91. The fraction of sp³-hybridized carbons (Fsp3) is 0.381. The van der Waals surface area contributed by atoms with Gasteiger partial charge < -0.3 is 25.5 Å². The molecule has 0 atom stereocenters. The van der Waals surface area contributed by atoms with Gasteiger partial charge in [-0.2, -0.15) is 0 Å². The lowest BCUT2D eigenvalue weighted by Crippen LogP contribution is -2.36. The van der Waals surface area contributed by atoms with Crippen LogP contribution in [-0.4, -0.2) is 61.0 Å². The van der Waals surface area contributed by atoms with Crippen LogP contribution in [0.5, 0.6) is 0 Å². The number of carbonyl (C=O) groups excluding carboxylic acids is 1. The van der Waals surface area contributed by atoms with Crippen molar-refractivity contribution in [1.29, 1.82) is 5.41 Å². The van der Waals surface area contributed by atoms with Crippen LogP contribution in [-0.2, 0) is 16.2 Å². The minimum absolute atomic E-state index is 0. The average molecular weight is 531 g/mol. The Morgan fingerprint density at radius 1 is 1.26 bits per heavy atom. The molecule has 11 nitrogen and oxygen atoms in total. The highest BCUT2D eigenvalue weighted by atomic mass is 35.5. The quantitative estimate of drug-likeness (QED) is 0.176. The van der Waals surface area contributed by atoms with Gasteiger partial charge in [-0.15, -0.1) is 24.8 Å². The van der Waals surface area contributed by atoms with Gasteiger partial charge >= 0.3 is 6.09 Å². The second-order valence-corrected chi connectivity index (χ2v) is 7.25. The number of amides is 1. The van der Waals surface area contributed by atoms with Crippen LogP contribution in [0, 0.1) is 11.2 Å². The third kappa shape index (κ3) is 8.81. The maximum Gasteiger partial charge on any atom is 0.414 e. The number of alkyl carbamates (subject to hydrolysis) is 1. The zero-order valence-electron chi connectivity index (χ0n) is 19.1. The Labute approximate surface area is 215 Å². The third-order valence-electron chi connectivity index (χ3n) is 4.88. The summed E-state index contributed by atoms with van der Waals surface area (Å²) in [6.07, 6.45) is 3.73. The molecular weight excluding hydrogens is 502 g/mol. The molecule has 1 aliphatic rings. The summed E-state index contributed by atoms with van der Waals surface area (Å²) in [7, 11) is 1.86.